The topological polar surface area (TPSA) is 52.6 Å². The molecule has 0 aromatic heterocycles. The molecule has 5 heteroatoms. The fourth-order valence-electron chi connectivity index (χ4n) is 0.423. The molecule has 0 aliphatic rings. The fourth-order valence-corrected chi connectivity index (χ4v) is 0.755. The van der Waals surface area contributed by atoms with E-state index < -0.39 is 14.0 Å². The number of rotatable bonds is 5. The van der Waals surface area contributed by atoms with E-state index in [1.54, 1.807) is 6.92 Å². The van der Waals surface area contributed by atoms with Crippen molar-refractivity contribution in [3.8, 4) is 0 Å². The standard InChI is InChI=1S/C7H12O4P.C2H4/c1-6(2)7(8)10-4-5-11-12(3)9;1-2/h1,4-5H2,2-3H3;1-2H2/q+1;. The molecule has 0 saturated carbocycles. The Labute approximate surface area is 85.5 Å². The smallest absolute Gasteiger partial charge is 0.460 e. The van der Waals surface area contributed by atoms with Crippen molar-refractivity contribution >= 4 is 14.0 Å². The molecule has 0 aliphatic heterocycles. The maximum atomic E-state index is 10.7. The molecule has 0 bridgehead atoms. The first-order valence-electron chi connectivity index (χ1n) is 3.90. The van der Waals surface area contributed by atoms with Crippen LogP contribution in [0.3, 0.4) is 0 Å². The van der Waals surface area contributed by atoms with Crippen LogP contribution < -0.4 is 0 Å². The van der Waals surface area contributed by atoms with E-state index in [2.05, 4.69) is 29.0 Å². The summed E-state index contributed by atoms with van der Waals surface area (Å²) >= 11 is 0. The Morgan fingerprint density at radius 1 is 1.36 bits per heavy atom. The third-order valence-corrected chi connectivity index (χ3v) is 1.48. The molecule has 0 aromatic carbocycles. The quantitative estimate of drug-likeness (QED) is 0.234. The molecule has 0 heterocycles. The molecule has 0 rings (SSSR count). The van der Waals surface area contributed by atoms with Crippen molar-refractivity contribution < 1.29 is 18.6 Å². The first-order valence-corrected chi connectivity index (χ1v) is 5.53. The molecule has 14 heavy (non-hydrogen) atoms. The van der Waals surface area contributed by atoms with Crippen LogP contribution in [-0.2, 0) is 18.6 Å². The summed E-state index contributed by atoms with van der Waals surface area (Å²) in [5, 5.41) is 0. The summed E-state index contributed by atoms with van der Waals surface area (Å²) in [5.74, 6) is -0.454. The monoisotopic (exact) mass is 219 g/mol. The second-order valence-corrected chi connectivity index (χ2v) is 3.33. The largest absolute Gasteiger partial charge is 0.504 e. The van der Waals surface area contributed by atoms with E-state index in [1.807, 2.05) is 0 Å². The summed E-state index contributed by atoms with van der Waals surface area (Å²) in [6, 6.07) is 0. The van der Waals surface area contributed by atoms with E-state index in [-0.39, 0.29) is 13.2 Å². The van der Waals surface area contributed by atoms with Gasteiger partial charge in [0.05, 0.1) is 0 Å². The molecule has 0 saturated heterocycles. The molecule has 0 amide bonds. The SMILES string of the molecule is C=C.C=C(C)C(=O)OCCO[P+](C)=O. The molecule has 0 aromatic rings. The summed E-state index contributed by atoms with van der Waals surface area (Å²) < 4.78 is 19.7. The van der Waals surface area contributed by atoms with Crippen LogP contribution >= 0.6 is 8.03 Å². The molecule has 1 atom stereocenters. The van der Waals surface area contributed by atoms with Crippen LogP contribution in [0.1, 0.15) is 6.92 Å². The molecule has 0 radical (unpaired) electrons. The number of carbonyl (C=O) groups is 1. The van der Waals surface area contributed by atoms with Gasteiger partial charge in [-0.05, 0) is 11.5 Å². The van der Waals surface area contributed by atoms with Crippen LogP contribution in [0.2, 0.25) is 0 Å². The maximum Gasteiger partial charge on any atom is 0.504 e. The lowest BCUT2D eigenvalue weighted by Gasteiger charge is -1.99. The van der Waals surface area contributed by atoms with Gasteiger partial charge in [-0.1, -0.05) is 6.58 Å². The summed E-state index contributed by atoms with van der Waals surface area (Å²) in [6.07, 6.45) is 0. The van der Waals surface area contributed by atoms with Gasteiger partial charge in [0, 0.05) is 5.57 Å². The van der Waals surface area contributed by atoms with E-state index in [9.17, 15) is 9.36 Å². The van der Waals surface area contributed by atoms with E-state index >= 15 is 0 Å². The van der Waals surface area contributed by atoms with Gasteiger partial charge in [-0.3, -0.25) is 0 Å². The average molecular weight is 219 g/mol. The van der Waals surface area contributed by atoms with E-state index in [1.165, 1.54) is 6.66 Å². The molecular weight excluding hydrogens is 203 g/mol. The first-order chi connectivity index (χ1) is 6.54. The minimum absolute atomic E-state index is 0.112. The zero-order valence-corrected chi connectivity index (χ0v) is 9.51. The van der Waals surface area contributed by atoms with Gasteiger partial charge in [0.2, 0.25) is 0 Å². The van der Waals surface area contributed by atoms with Gasteiger partial charge in [0.1, 0.15) is 13.2 Å². The molecule has 0 spiro atoms. The molecule has 0 fully saturated rings. The summed E-state index contributed by atoms with van der Waals surface area (Å²) in [4.78, 5) is 10.7. The zero-order chi connectivity index (χ0) is 11.6. The maximum absolute atomic E-state index is 10.7. The molecule has 0 aliphatic carbocycles. The number of hydrogen-bond acceptors (Lipinski definition) is 4. The van der Waals surface area contributed by atoms with Crippen molar-refractivity contribution in [3.63, 3.8) is 0 Å². The highest BCUT2D eigenvalue weighted by atomic mass is 31.1. The predicted octanol–water partition coefficient (Wildman–Crippen LogP) is 2.30. The molecule has 0 N–H and O–H groups in total. The Bertz CT molecular complexity index is 213. The normalized spacial score (nSPS) is 9.43. The Morgan fingerprint density at radius 2 is 1.86 bits per heavy atom. The Morgan fingerprint density at radius 3 is 2.21 bits per heavy atom. The summed E-state index contributed by atoms with van der Waals surface area (Å²) in [7, 11) is -1.61. The highest BCUT2D eigenvalue weighted by molar-refractivity contribution is 7.38. The molecule has 80 valence electrons. The highest BCUT2D eigenvalue weighted by Crippen LogP contribution is 2.13. The van der Waals surface area contributed by atoms with Gasteiger partial charge in [0.25, 0.3) is 0 Å². The van der Waals surface area contributed by atoms with Crippen LogP contribution in [0.4, 0.5) is 0 Å². The Kier molecular flexibility index (Phi) is 11.2. The Hall–Kier alpha value is -0.990. The lowest BCUT2D eigenvalue weighted by Crippen LogP contribution is -2.09. The van der Waals surface area contributed by atoms with Crippen LogP contribution in [-0.4, -0.2) is 25.8 Å². The minimum atomic E-state index is -1.61. The van der Waals surface area contributed by atoms with Crippen LogP contribution in [0.25, 0.3) is 0 Å². The second kappa shape index (κ2) is 10.1. The van der Waals surface area contributed by atoms with Crippen molar-refractivity contribution in [2.45, 2.75) is 6.92 Å². The van der Waals surface area contributed by atoms with E-state index in [0.717, 1.165) is 0 Å². The summed E-state index contributed by atoms with van der Waals surface area (Å²) in [6.45, 7) is 12.7. The van der Waals surface area contributed by atoms with Gasteiger partial charge < -0.3 is 4.74 Å². The van der Waals surface area contributed by atoms with Crippen molar-refractivity contribution in [2.24, 2.45) is 0 Å². The van der Waals surface area contributed by atoms with E-state index in [0.29, 0.717) is 5.57 Å². The van der Waals surface area contributed by atoms with Gasteiger partial charge >= 0.3 is 14.0 Å². The van der Waals surface area contributed by atoms with Crippen molar-refractivity contribution in [1.82, 2.24) is 0 Å². The number of hydrogen-bond donors (Lipinski definition) is 0. The van der Waals surface area contributed by atoms with Gasteiger partial charge in [-0.2, -0.15) is 0 Å². The number of esters is 1. The average Bonchev–Trinajstić information content (AvgIpc) is 2.15. The number of carbonyl (C=O) groups excluding carboxylic acids is 1. The lowest BCUT2D eigenvalue weighted by molar-refractivity contribution is -0.139. The van der Waals surface area contributed by atoms with Crippen molar-refractivity contribution in [3.05, 3.63) is 25.3 Å². The minimum Gasteiger partial charge on any atom is -0.460 e. The Balaban J connectivity index is 0. The van der Waals surface area contributed by atoms with Crippen LogP contribution in [0, 0.1) is 0 Å². The highest BCUT2D eigenvalue weighted by Gasteiger charge is 2.07. The van der Waals surface area contributed by atoms with Crippen molar-refractivity contribution in [1.29, 1.82) is 0 Å². The summed E-state index contributed by atoms with van der Waals surface area (Å²) in [5.41, 5.74) is 0.343. The van der Waals surface area contributed by atoms with E-state index in [4.69, 9.17) is 0 Å². The van der Waals surface area contributed by atoms with Crippen molar-refractivity contribution in [2.75, 3.05) is 19.9 Å². The number of ether oxygens (including phenoxy) is 1. The lowest BCUT2D eigenvalue weighted by atomic mass is 10.4. The van der Waals surface area contributed by atoms with Gasteiger partial charge in [-0.25, -0.2) is 4.79 Å². The van der Waals surface area contributed by atoms with Crippen LogP contribution in [0.15, 0.2) is 25.3 Å². The zero-order valence-electron chi connectivity index (χ0n) is 8.62. The van der Waals surface area contributed by atoms with Gasteiger partial charge in [-0.15, -0.1) is 17.7 Å². The first kappa shape index (κ1) is 15.5. The molecule has 1 unspecified atom stereocenters. The van der Waals surface area contributed by atoms with Gasteiger partial charge in [0.15, 0.2) is 6.66 Å². The predicted molar refractivity (Wildman–Crippen MR) is 56.5 cm³/mol. The third kappa shape index (κ3) is 11.0. The fraction of sp³-hybridized carbons (Fsp3) is 0.444. The molecular formula is C9H16O4P+. The van der Waals surface area contributed by atoms with Crippen LogP contribution in [0.5, 0.6) is 0 Å². The molecule has 4 nitrogen and oxygen atoms in total. The second-order valence-electron chi connectivity index (χ2n) is 2.19. The third-order valence-electron chi connectivity index (χ3n) is 0.938.